The minimum absolute atomic E-state index is 0.127. The van der Waals surface area contributed by atoms with Crippen molar-refractivity contribution in [3.05, 3.63) is 30.1 Å². The van der Waals surface area contributed by atoms with Crippen LogP contribution in [-0.2, 0) is 11.3 Å². The molecule has 1 atom stereocenters. The van der Waals surface area contributed by atoms with Crippen LogP contribution >= 0.6 is 0 Å². The number of nitrogens with zero attached hydrogens (tertiary/aromatic N) is 2. The Balaban J connectivity index is 2.10. The zero-order valence-electron chi connectivity index (χ0n) is 9.59. The van der Waals surface area contributed by atoms with Gasteiger partial charge in [0.05, 0.1) is 0 Å². The van der Waals surface area contributed by atoms with Crippen LogP contribution in [0.3, 0.4) is 0 Å². The molecule has 2 heterocycles. The summed E-state index contributed by atoms with van der Waals surface area (Å²) in [6.07, 6.45) is 3.26. The average molecular weight is 247 g/mol. The number of rotatable bonds is 3. The Morgan fingerprint density at radius 3 is 2.78 bits per heavy atom. The first-order valence-electron chi connectivity index (χ1n) is 5.40. The number of amides is 3. The topological polar surface area (TPSA) is 112 Å². The lowest BCUT2D eigenvalue weighted by Crippen LogP contribution is -2.57. The Hall–Kier alpha value is -2.44. The van der Waals surface area contributed by atoms with Crippen molar-refractivity contribution in [1.82, 2.24) is 15.2 Å². The molecular formula is C11H13N5O2. The van der Waals surface area contributed by atoms with Gasteiger partial charge in [-0.2, -0.15) is 0 Å². The fraction of sp³-hybridized carbons (Fsp3) is 0.273. The number of nitrogens with two attached hydrogens (primary N) is 1. The highest BCUT2D eigenvalue weighted by molar-refractivity contribution is 6.08. The monoisotopic (exact) mass is 247 g/mol. The van der Waals surface area contributed by atoms with Gasteiger partial charge in [0.1, 0.15) is 11.8 Å². The third kappa shape index (κ3) is 2.45. The fourth-order valence-corrected chi connectivity index (χ4v) is 1.74. The van der Waals surface area contributed by atoms with E-state index < -0.39 is 17.9 Å². The van der Waals surface area contributed by atoms with Crippen molar-refractivity contribution in [1.29, 1.82) is 5.41 Å². The molecule has 0 radical (unpaired) electrons. The quantitative estimate of drug-likeness (QED) is 0.502. The first-order valence-corrected chi connectivity index (χ1v) is 5.40. The summed E-state index contributed by atoms with van der Waals surface area (Å²) in [5.41, 5.74) is 6.23. The molecule has 0 spiro atoms. The van der Waals surface area contributed by atoms with E-state index in [1.54, 1.807) is 24.5 Å². The SMILES string of the molecule is N=C(N)C1CN(Cc2ccncc2)C(=O)NC1=O. The smallest absolute Gasteiger partial charge is 0.324 e. The van der Waals surface area contributed by atoms with E-state index in [0.29, 0.717) is 6.54 Å². The molecule has 1 fully saturated rings. The Morgan fingerprint density at radius 1 is 1.50 bits per heavy atom. The molecule has 1 unspecified atom stereocenters. The van der Waals surface area contributed by atoms with E-state index in [0.717, 1.165) is 5.56 Å². The van der Waals surface area contributed by atoms with Gasteiger partial charge >= 0.3 is 6.03 Å². The lowest BCUT2D eigenvalue weighted by Gasteiger charge is -2.31. The van der Waals surface area contributed by atoms with Crippen LogP contribution in [0.15, 0.2) is 24.5 Å². The number of carbonyl (C=O) groups is 2. The summed E-state index contributed by atoms with van der Waals surface area (Å²) < 4.78 is 0. The predicted molar refractivity (Wildman–Crippen MR) is 63.6 cm³/mol. The summed E-state index contributed by atoms with van der Waals surface area (Å²) in [4.78, 5) is 28.4. The van der Waals surface area contributed by atoms with Crippen molar-refractivity contribution in [3.8, 4) is 0 Å². The second kappa shape index (κ2) is 4.82. The van der Waals surface area contributed by atoms with E-state index in [1.165, 1.54) is 4.90 Å². The van der Waals surface area contributed by atoms with Crippen LogP contribution in [0.4, 0.5) is 4.79 Å². The number of hydrogen-bond donors (Lipinski definition) is 3. The molecule has 1 aliphatic heterocycles. The van der Waals surface area contributed by atoms with E-state index in [-0.39, 0.29) is 12.4 Å². The largest absolute Gasteiger partial charge is 0.387 e. The zero-order chi connectivity index (χ0) is 13.1. The zero-order valence-corrected chi connectivity index (χ0v) is 9.59. The minimum Gasteiger partial charge on any atom is -0.387 e. The van der Waals surface area contributed by atoms with Crippen molar-refractivity contribution in [2.45, 2.75) is 6.54 Å². The van der Waals surface area contributed by atoms with Crippen LogP contribution in [0.2, 0.25) is 0 Å². The highest BCUT2D eigenvalue weighted by Crippen LogP contribution is 2.12. The highest BCUT2D eigenvalue weighted by Gasteiger charge is 2.33. The Labute approximate surface area is 103 Å². The molecule has 94 valence electrons. The first-order chi connectivity index (χ1) is 8.58. The average Bonchev–Trinajstić information content (AvgIpc) is 2.33. The number of carbonyl (C=O) groups excluding carboxylic acids is 2. The number of aromatic nitrogens is 1. The molecule has 7 nitrogen and oxygen atoms in total. The van der Waals surface area contributed by atoms with E-state index in [1.807, 2.05) is 0 Å². The molecular weight excluding hydrogens is 234 g/mol. The van der Waals surface area contributed by atoms with Crippen molar-refractivity contribution in [2.24, 2.45) is 11.7 Å². The summed E-state index contributed by atoms with van der Waals surface area (Å²) in [5.74, 6) is -1.53. The number of urea groups is 1. The van der Waals surface area contributed by atoms with E-state index in [4.69, 9.17) is 11.1 Å². The second-order valence-corrected chi connectivity index (χ2v) is 4.04. The van der Waals surface area contributed by atoms with Gasteiger partial charge in [-0.05, 0) is 17.7 Å². The molecule has 1 aromatic rings. The second-order valence-electron chi connectivity index (χ2n) is 4.04. The predicted octanol–water partition coefficient (Wildman–Crippen LogP) is -0.314. The number of imide groups is 1. The van der Waals surface area contributed by atoms with Gasteiger partial charge in [-0.3, -0.25) is 20.5 Å². The molecule has 0 bridgehead atoms. The number of pyridine rings is 1. The molecule has 0 saturated carbocycles. The summed E-state index contributed by atoms with van der Waals surface area (Å²) >= 11 is 0. The van der Waals surface area contributed by atoms with Crippen molar-refractivity contribution in [2.75, 3.05) is 6.54 Å². The van der Waals surface area contributed by atoms with Gasteiger partial charge in [-0.1, -0.05) is 0 Å². The normalized spacial score (nSPS) is 19.6. The lowest BCUT2D eigenvalue weighted by molar-refractivity contribution is -0.123. The number of hydrogen-bond acceptors (Lipinski definition) is 4. The van der Waals surface area contributed by atoms with E-state index >= 15 is 0 Å². The standard InChI is InChI=1S/C11H13N5O2/c12-9(13)8-6-16(11(18)15-10(8)17)5-7-1-3-14-4-2-7/h1-4,8H,5-6H2,(H3,12,13)(H,15,17,18). The third-order valence-electron chi connectivity index (χ3n) is 2.74. The van der Waals surface area contributed by atoms with Crippen LogP contribution in [0.25, 0.3) is 0 Å². The minimum atomic E-state index is -0.774. The lowest BCUT2D eigenvalue weighted by atomic mass is 10.0. The molecule has 1 aromatic heterocycles. The number of amidine groups is 1. The van der Waals surface area contributed by atoms with Crippen molar-refractivity contribution < 1.29 is 9.59 Å². The molecule has 1 aliphatic rings. The van der Waals surface area contributed by atoms with Crippen LogP contribution in [0, 0.1) is 11.3 Å². The molecule has 18 heavy (non-hydrogen) atoms. The van der Waals surface area contributed by atoms with Crippen LogP contribution in [0.1, 0.15) is 5.56 Å². The van der Waals surface area contributed by atoms with Crippen LogP contribution in [-0.4, -0.2) is 34.2 Å². The summed E-state index contributed by atoms with van der Waals surface area (Å²) in [6.45, 7) is 0.480. The van der Waals surface area contributed by atoms with Gasteiger partial charge < -0.3 is 10.6 Å². The third-order valence-corrected chi connectivity index (χ3v) is 2.74. The van der Waals surface area contributed by atoms with Gasteiger partial charge in [-0.25, -0.2) is 4.79 Å². The molecule has 1 saturated heterocycles. The molecule has 2 rings (SSSR count). The molecule has 3 amide bonds. The Kier molecular flexibility index (Phi) is 3.22. The van der Waals surface area contributed by atoms with Crippen LogP contribution in [0.5, 0.6) is 0 Å². The maximum absolute atomic E-state index is 11.6. The molecule has 7 heteroatoms. The van der Waals surface area contributed by atoms with E-state index in [2.05, 4.69) is 10.3 Å². The van der Waals surface area contributed by atoms with Gasteiger partial charge in [0.2, 0.25) is 5.91 Å². The highest BCUT2D eigenvalue weighted by atomic mass is 16.2. The summed E-state index contributed by atoms with van der Waals surface area (Å²) in [7, 11) is 0. The fourth-order valence-electron chi connectivity index (χ4n) is 1.74. The molecule has 4 N–H and O–H groups in total. The van der Waals surface area contributed by atoms with Gasteiger partial charge in [0.15, 0.2) is 0 Å². The van der Waals surface area contributed by atoms with Gasteiger partial charge in [0.25, 0.3) is 0 Å². The summed E-state index contributed by atoms with van der Waals surface area (Å²) in [5, 5.41) is 9.52. The van der Waals surface area contributed by atoms with E-state index in [9.17, 15) is 9.59 Å². The van der Waals surface area contributed by atoms with Crippen molar-refractivity contribution in [3.63, 3.8) is 0 Å². The molecule has 0 aliphatic carbocycles. The summed E-state index contributed by atoms with van der Waals surface area (Å²) in [6, 6.07) is 3.10. The number of nitrogens with one attached hydrogen (secondary N) is 2. The first kappa shape index (κ1) is 12.0. The van der Waals surface area contributed by atoms with Gasteiger partial charge in [0, 0.05) is 25.5 Å². The Bertz CT molecular complexity index is 487. The maximum atomic E-state index is 11.6. The van der Waals surface area contributed by atoms with Crippen molar-refractivity contribution >= 4 is 17.8 Å². The maximum Gasteiger partial charge on any atom is 0.324 e. The van der Waals surface area contributed by atoms with Crippen LogP contribution < -0.4 is 11.1 Å². The van der Waals surface area contributed by atoms with Gasteiger partial charge in [-0.15, -0.1) is 0 Å². The Morgan fingerprint density at radius 2 is 2.17 bits per heavy atom. The molecule has 0 aromatic carbocycles.